The molecule has 0 N–H and O–H groups in total. The fourth-order valence-electron chi connectivity index (χ4n) is 3.93. The normalized spacial score (nSPS) is 13.1. The second-order valence-electron chi connectivity index (χ2n) is 7.93. The standard InChI is InChI=1S/C17H24P.C10H9.2ClH.Zr/c1-5-13(3)18(14(4)6-2)17-11-15-9-7-8-10-16(15)12-17;1-8-6-9-4-2-3-5-10(9)7-8;;;/h7-14H,5-6H2,1-4H3;2-7H,1H3;2*1H;/q2*-1;;;+4/p-2. The predicted molar refractivity (Wildman–Crippen MR) is 130 cm³/mol. The van der Waals surface area contributed by atoms with E-state index in [1.54, 1.807) is 5.30 Å². The zero-order chi connectivity index (χ0) is 20.1. The van der Waals surface area contributed by atoms with Crippen molar-refractivity contribution in [3.63, 3.8) is 0 Å². The van der Waals surface area contributed by atoms with E-state index in [2.05, 4.69) is 107 Å². The van der Waals surface area contributed by atoms with Gasteiger partial charge in [0, 0.05) is 0 Å². The molecule has 0 bridgehead atoms. The molecule has 0 nitrogen and oxygen atoms in total. The van der Waals surface area contributed by atoms with Gasteiger partial charge in [-0.3, -0.25) is 0 Å². The Morgan fingerprint density at radius 1 is 0.742 bits per heavy atom. The molecule has 4 aromatic rings. The van der Waals surface area contributed by atoms with Crippen LogP contribution in [-0.4, -0.2) is 11.3 Å². The first-order valence-corrected chi connectivity index (χ1v) is 12.1. The maximum atomic E-state index is 2.43. The Hall–Kier alpha value is -0.447. The quantitative estimate of drug-likeness (QED) is 0.264. The summed E-state index contributed by atoms with van der Waals surface area (Å²) in [6.45, 7) is 11.6. The summed E-state index contributed by atoms with van der Waals surface area (Å²) in [5.41, 5.74) is 3.00. The molecule has 0 amide bonds. The van der Waals surface area contributed by atoms with Crippen LogP contribution in [0, 0.1) is 6.92 Å². The first-order chi connectivity index (χ1) is 13.5. The summed E-state index contributed by atoms with van der Waals surface area (Å²) in [6, 6.07) is 26.4. The van der Waals surface area contributed by atoms with Gasteiger partial charge in [-0.2, -0.15) is 12.1 Å². The van der Waals surface area contributed by atoms with E-state index in [0.717, 1.165) is 11.3 Å². The molecule has 0 aliphatic rings. The number of halogens is 2. The zero-order valence-electron chi connectivity index (χ0n) is 19.2. The van der Waals surface area contributed by atoms with E-state index in [4.69, 9.17) is 0 Å². The Morgan fingerprint density at radius 3 is 1.65 bits per heavy atom. The molecule has 164 valence electrons. The van der Waals surface area contributed by atoms with Crippen molar-refractivity contribution < 1.29 is 51.0 Å². The van der Waals surface area contributed by atoms with Gasteiger partial charge in [0.05, 0.1) is 0 Å². The van der Waals surface area contributed by atoms with Crippen molar-refractivity contribution in [2.75, 3.05) is 0 Å². The molecule has 2 atom stereocenters. The van der Waals surface area contributed by atoms with Crippen LogP contribution in [0.25, 0.3) is 21.5 Å². The number of aryl methyl sites for hydroxylation is 1. The second kappa shape index (κ2) is 14.7. The van der Waals surface area contributed by atoms with Gasteiger partial charge in [-0.25, -0.2) is 0 Å². The molecule has 0 aromatic heterocycles. The van der Waals surface area contributed by atoms with Gasteiger partial charge >= 0.3 is 26.2 Å². The molecule has 0 radical (unpaired) electrons. The van der Waals surface area contributed by atoms with Crippen LogP contribution in [-0.2, 0) is 26.2 Å². The molecule has 0 aliphatic heterocycles. The fourth-order valence-corrected chi connectivity index (χ4v) is 7.18. The van der Waals surface area contributed by atoms with Crippen LogP contribution >= 0.6 is 7.92 Å². The first kappa shape index (κ1) is 30.6. The summed E-state index contributed by atoms with van der Waals surface area (Å²) in [5.74, 6) is 0. The van der Waals surface area contributed by atoms with Gasteiger partial charge in [0.2, 0.25) is 0 Å². The minimum atomic E-state index is -0.0252. The Kier molecular flexibility index (Phi) is 14.4. The van der Waals surface area contributed by atoms with E-state index >= 15 is 0 Å². The SMILES string of the molecule is CCC(C)P(c1cc2ccccc2[cH-]1)C(C)CC.Cc1cc2ccccc2[cH-]1.[Cl-].[Cl-].[Zr+4]. The molecule has 2 unspecified atom stereocenters. The summed E-state index contributed by atoms with van der Waals surface area (Å²) in [4.78, 5) is 0. The second-order valence-corrected chi connectivity index (χ2v) is 11.0. The summed E-state index contributed by atoms with van der Waals surface area (Å²) in [5, 5.41) is 7.12. The molecule has 31 heavy (non-hydrogen) atoms. The Balaban J connectivity index is 0.000000596. The Morgan fingerprint density at radius 2 is 1.19 bits per heavy atom. The van der Waals surface area contributed by atoms with E-state index in [1.165, 1.54) is 39.9 Å². The molecule has 0 saturated carbocycles. The van der Waals surface area contributed by atoms with Crippen molar-refractivity contribution in [1.82, 2.24) is 0 Å². The van der Waals surface area contributed by atoms with Crippen LogP contribution in [0.2, 0.25) is 0 Å². The smallest absolute Gasteiger partial charge is 1.00 e. The van der Waals surface area contributed by atoms with Gasteiger partial charge in [0.25, 0.3) is 0 Å². The monoisotopic (exact) mass is 548 g/mol. The summed E-state index contributed by atoms with van der Waals surface area (Å²) in [6.07, 6.45) is 2.58. The van der Waals surface area contributed by atoms with Crippen LogP contribution in [0.1, 0.15) is 46.1 Å². The number of hydrogen-bond donors (Lipinski definition) is 0. The summed E-state index contributed by atoms with van der Waals surface area (Å²) < 4.78 is 0. The average molecular weight is 551 g/mol. The van der Waals surface area contributed by atoms with Gasteiger partial charge in [-0.05, 0) is 24.2 Å². The molecule has 0 fully saturated rings. The van der Waals surface area contributed by atoms with E-state index in [-0.39, 0.29) is 58.9 Å². The summed E-state index contributed by atoms with van der Waals surface area (Å²) >= 11 is 0. The minimum Gasteiger partial charge on any atom is -1.00 e. The molecule has 4 heteroatoms. The van der Waals surface area contributed by atoms with Crippen molar-refractivity contribution in [3.05, 3.63) is 78.4 Å². The Labute approximate surface area is 221 Å². The van der Waals surface area contributed by atoms with Crippen molar-refractivity contribution >= 4 is 34.8 Å². The third kappa shape index (κ3) is 7.82. The average Bonchev–Trinajstić information content (AvgIpc) is 3.30. The third-order valence-electron chi connectivity index (χ3n) is 5.79. The van der Waals surface area contributed by atoms with Gasteiger partial charge in [0.15, 0.2) is 0 Å². The van der Waals surface area contributed by atoms with Crippen molar-refractivity contribution in [1.29, 1.82) is 0 Å². The molecular formula is C27H33Cl2PZr. The maximum Gasteiger partial charge on any atom is 4.00 e. The van der Waals surface area contributed by atoms with Crippen LogP contribution in [0.15, 0.2) is 72.8 Å². The molecule has 0 heterocycles. The van der Waals surface area contributed by atoms with Gasteiger partial charge in [-0.1, -0.05) is 54.7 Å². The van der Waals surface area contributed by atoms with Gasteiger partial charge in [0.1, 0.15) is 0 Å². The Bertz CT molecular complexity index is 944. The number of hydrogen-bond acceptors (Lipinski definition) is 0. The molecular weight excluding hydrogens is 517 g/mol. The molecule has 0 spiro atoms. The predicted octanol–water partition coefficient (Wildman–Crippen LogP) is 2.14. The zero-order valence-corrected chi connectivity index (χ0v) is 24.1. The van der Waals surface area contributed by atoms with Crippen molar-refractivity contribution in [2.24, 2.45) is 0 Å². The molecule has 0 aliphatic carbocycles. The van der Waals surface area contributed by atoms with E-state index in [0.29, 0.717) is 0 Å². The van der Waals surface area contributed by atoms with Crippen LogP contribution in [0.3, 0.4) is 0 Å². The molecule has 0 saturated heterocycles. The van der Waals surface area contributed by atoms with Crippen molar-refractivity contribution in [3.8, 4) is 0 Å². The van der Waals surface area contributed by atoms with E-state index in [9.17, 15) is 0 Å². The maximum absolute atomic E-state index is 2.43. The van der Waals surface area contributed by atoms with Gasteiger partial charge < -0.3 is 24.8 Å². The molecule has 4 aromatic carbocycles. The van der Waals surface area contributed by atoms with Crippen LogP contribution in [0.5, 0.6) is 0 Å². The summed E-state index contributed by atoms with van der Waals surface area (Å²) in [7, 11) is -0.0252. The third-order valence-corrected chi connectivity index (χ3v) is 9.28. The minimum absolute atomic E-state index is 0. The topological polar surface area (TPSA) is 0 Å². The first-order valence-electron chi connectivity index (χ1n) is 10.6. The van der Waals surface area contributed by atoms with Crippen molar-refractivity contribution in [2.45, 2.75) is 58.8 Å². The van der Waals surface area contributed by atoms with Gasteiger partial charge in [-0.15, -0.1) is 80.9 Å². The fraction of sp³-hybridized carbons (Fsp3) is 0.333. The number of rotatable bonds is 5. The van der Waals surface area contributed by atoms with E-state index in [1.807, 2.05) is 0 Å². The van der Waals surface area contributed by atoms with E-state index < -0.39 is 0 Å². The van der Waals surface area contributed by atoms with Crippen LogP contribution < -0.4 is 30.1 Å². The largest absolute Gasteiger partial charge is 4.00 e. The van der Waals surface area contributed by atoms with Crippen LogP contribution in [0.4, 0.5) is 0 Å². The number of benzene rings is 2. The number of fused-ring (bicyclic) bond motifs is 2. The molecule has 4 rings (SSSR count).